The highest BCUT2D eigenvalue weighted by molar-refractivity contribution is 6.41. The number of hydrogen-bond donors (Lipinski definition) is 0. The molecule has 4 rings (SSSR count). The zero-order valence-electron chi connectivity index (χ0n) is 13.0. The number of allylic oxidation sites excluding steroid dienone is 1. The molecule has 0 aromatic heterocycles. The summed E-state index contributed by atoms with van der Waals surface area (Å²) in [6.07, 6.45) is 1.57. The van der Waals surface area contributed by atoms with Crippen LogP contribution in [-0.2, 0) is 0 Å². The summed E-state index contributed by atoms with van der Waals surface area (Å²) in [7, 11) is 0. The zero-order valence-corrected chi connectivity index (χ0v) is 13.0. The van der Waals surface area contributed by atoms with Gasteiger partial charge < -0.3 is 14.2 Å². The Morgan fingerprint density at radius 2 is 1.67 bits per heavy atom. The van der Waals surface area contributed by atoms with E-state index < -0.39 is 0 Å². The minimum absolute atomic E-state index is 0.135. The molecule has 0 fully saturated rings. The third-order valence-electron chi connectivity index (χ3n) is 4.01. The Morgan fingerprint density at radius 3 is 2.29 bits per heavy atom. The van der Waals surface area contributed by atoms with Crippen molar-refractivity contribution in [2.75, 3.05) is 13.4 Å². The smallest absolute Gasteiger partial charge is 0.231 e. The number of hydrogen-bond acceptors (Lipinski definition) is 5. The maximum absolute atomic E-state index is 12.5. The summed E-state index contributed by atoms with van der Waals surface area (Å²) >= 11 is 0. The van der Waals surface area contributed by atoms with Crippen LogP contribution in [-0.4, -0.2) is 25.0 Å². The minimum Gasteiger partial charge on any atom is -0.493 e. The van der Waals surface area contributed by atoms with Gasteiger partial charge in [0, 0.05) is 22.8 Å². The van der Waals surface area contributed by atoms with E-state index in [9.17, 15) is 9.59 Å². The van der Waals surface area contributed by atoms with Gasteiger partial charge in [-0.15, -0.1) is 0 Å². The first-order chi connectivity index (χ1) is 11.7. The summed E-state index contributed by atoms with van der Waals surface area (Å²) in [5.74, 6) is 1.17. The van der Waals surface area contributed by atoms with E-state index in [1.165, 1.54) is 0 Å². The van der Waals surface area contributed by atoms with Crippen LogP contribution in [0.25, 0.3) is 6.08 Å². The quantitative estimate of drug-likeness (QED) is 0.641. The van der Waals surface area contributed by atoms with Gasteiger partial charge in [0.25, 0.3) is 0 Å². The van der Waals surface area contributed by atoms with E-state index in [0.29, 0.717) is 40.5 Å². The van der Waals surface area contributed by atoms with Gasteiger partial charge in [-0.2, -0.15) is 0 Å². The van der Waals surface area contributed by atoms with E-state index in [0.717, 1.165) is 0 Å². The number of carbonyl (C=O) groups excluding carboxylic acids is 2. The Hall–Kier alpha value is -3.08. The number of ether oxygens (including phenoxy) is 3. The lowest BCUT2D eigenvalue weighted by atomic mass is 10.1. The predicted molar refractivity (Wildman–Crippen MR) is 86.8 cm³/mol. The molecule has 0 radical (unpaired) electrons. The molecule has 0 unspecified atom stereocenters. The molecule has 0 saturated carbocycles. The number of benzene rings is 2. The molecule has 1 aliphatic heterocycles. The molecule has 5 heteroatoms. The van der Waals surface area contributed by atoms with Crippen molar-refractivity contribution in [3.63, 3.8) is 0 Å². The lowest BCUT2D eigenvalue weighted by Gasteiger charge is -2.09. The second kappa shape index (κ2) is 5.53. The monoisotopic (exact) mass is 322 g/mol. The van der Waals surface area contributed by atoms with Gasteiger partial charge in [-0.3, -0.25) is 9.59 Å². The van der Waals surface area contributed by atoms with Crippen LogP contribution < -0.4 is 14.2 Å². The summed E-state index contributed by atoms with van der Waals surface area (Å²) < 4.78 is 16.3. The fourth-order valence-electron chi connectivity index (χ4n) is 2.89. The molecule has 1 aliphatic carbocycles. The van der Waals surface area contributed by atoms with Crippen LogP contribution in [0.4, 0.5) is 0 Å². The maximum atomic E-state index is 12.5. The van der Waals surface area contributed by atoms with E-state index in [-0.39, 0.29) is 23.9 Å². The molecule has 24 heavy (non-hydrogen) atoms. The van der Waals surface area contributed by atoms with Crippen molar-refractivity contribution in [2.45, 2.75) is 6.92 Å². The summed E-state index contributed by atoms with van der Waals surface area (Å²) in [6.45, 7) is 2.46. The summed E-state index contributed by atoms with van der Waals surface area (Å²) in [6, 6.07) is 10.3. The molecule has 0 atom stereocenters. The van der Waals surface area contributed by atoms with Crippen LogP contribution in [0.3, 0.4) is 0 Å². The molecule has 1 heterocycles. The Labute approximate surface area is 138 Å². The third kappa shape index (κ3) is 2.17. The molecular weight excluding hydrogens is 308 g/mol. The van der Waals surface area contributed by atoms with Crippen molar-refractivity contribution >= 4 is 17.6 Å². The molecule has 2 aromatic rings. The molecule has 0 saturated heterocycles. The molecule has 0 spiro atoms. The van der Waals surface area contributed by atoms with Crippen LogP contribution in [0, 0.1) is 0 Å². The average molecular weight is 322 g/mol. The average Bonchev–Trinajstić information content (AvgIpc) is 3.14. The standard InChI is InChI=1S/C19H14O5/c1-2-22-15-9-17-16(23-10-24-17)8-11(15)7-14-18(20)12-5-3-4-6-13(12)19(14)21/h3-9H,2,10H2,1H3. The zero-order chi connectivity index (χ0) is 16.7. The second-order valence-corrected chi connectivity index (χ2v) is 5.44. The van der Waals surface area contributed by atoms with Crippen molar-refractivity contribution in [2.24, 2.45) is 0 Å². The van der Waals surface area contributed by atoms with Gasteiger partial charge in [0.15, 0.2) is 23.1 Å². The largest absolute Gasteiger partial charge is 0.493 e. The number of fused-ring (bicyclic) bond motifs is 2. The normalized spacial score (nSPS) is 14.8. The predicted octanol–water partition coefficient (Wildman–Crippen LogP) is 3.28. The first-order valence-corrected chi connectivity index (χ1v) is 7.65. The summed E-state index contributed by atoms with van der Waals surface area (Å²) in [4.78, 5) is 25.1. The van der Waals surface area contributed by atoms with Gasteiger partial charge in [0.1, 0.15) is 5.75 Å². The van der Waals surface area contributed by atoms with Crippen LogP contribution in [0.15, 0.2) is 42.0 Å². The van der Waals surface area contributed by atoms with Crippen LogP contribution >= 0.6 is 0 Å². The topological polar surface area (TPSA) is 61.8 Å². The highest BCUT2D eigenvalue weighted by atomic mass is 16.7. The van der Waals surface area contributed by atoms with Crippen molar-refractivity contribution in [3.05, 3.63) is 58.7 Å². The van der Waals surface area contributed by atoms with Crippen molar-refractivity contribution in [1.29, 1.82) is 0 Å². The maximum Gasteiger partial charge on any atom is 0.231 e. The van der Waals surface area contributed by atoms with Gasteiger partial charge in [-0.1, -0.05) is 24.3 Å². The van der Waals surface area contributed by atoms with Crippen LogP contribution in [0.5, 0.6) is 17.2 Å². The summed E-state index contributed by atoms with van der Waals surface area (Å²) in [5.41, 5.74) is 1.63. The van der Waals surface area contributed by atoms with Crippen molar-refractivity contribution < 1.29 is 23.8 Å². The number of rotatable bonds is 3. The highest BCUT2D eigenvalue weighted by Gasteiger charge is 2.33. The van der Waals surface area contributed by atoms with E-state index >= 15 is 0 Å². The summed E-state index contributed by atoms with van der Waals surface area (Å²) in [5, 5.41) is 0. The molecule has 5 nitrogen and oxygen atoms in total. The minimum atomic E-state index is -0.268. The highest BCUT2D eigenvalue weighted by Crippen LogP contribution is 2.40. The van der Waals surface area contributed by atoms with Crippen LogP contribution in [0.1, 0.15) is 33.2 Å². The molecule has 120 valence electrons. The first kappa shape index (κ1) is 14.5. The van der Waals surface area contributed by atoms with Gasteiger partial charge >= 0.3 is 0 Å². The number of Topliss-reactive ketones (excluding diaryl/α,β-unsaturated/α-hetero) is 2. The van der Waals surface area contributed by atoms with E-state index in [2.05, 4.69) is 0 Å². The van der Waals surface area contributed by atoms with Gasteiger partial charge in [-0.25, -0.2) is 0 Å². The van der Waals surface area contributed by atoms with Gasteiger partial charge in [-0.05, 0) is 19.1 Å². The Morgan fingerprint density at radius 1 is 1.04 bits per heavy atom. The Kier molecular flexibility index (Phi) is 3.34. The van der Waals surface area contributed by atoms with E-state index in [1.807, 2.05) is 6.92 Å². The molecule has 2 aromatic carbocycles. The SMILES string of the molecule is CCOc1cc2c(cc1C=C1C(=O)c3ccccc3C1=O)OCO2. The van der Waals surface area contributed by atoms with Crippen molar-refractivity contribution in [1.82, 2.24) is 0 Å². The van der Waals surface area contributed by atoms with Gasteiger partial charge in [0.2, 0.25) is 6.79 Å². The first-order valence-electron chi connectivity index (χ1n) is 7.65. The molecule has 0 bridgehead atoms. The Balaban J connectivity index is 1.82. The van der Waals surface area contributed by atoms with E-state index in [1.54, 1.807) is 42.5 Å². The second-order valence-electron chi connectivity index (χ2n) is 5.44. The lowest BCUT2D eigenvalue weighted by molar-refractivity contribution is 0.0990. The number of carbonyl (C=O) groups is 2. The van der Waals surface area contributed by atoms with Crippen LogP contribution in [0.2, 0.25) is 0 Å². The molecular formula is C19H14O5. The Bertz CT molecular complexity index is 858. The molecule has 0 N–H and O–H groups in total. The lowest BCUT2D eigenvalue weighted by Crippen LogP contribution is -2.01. The fraction of sp³-hybridized carbons (Fsp3) is 0.158. The third-order valence-corrected chi connectivity index (χ3v) is 4.01. The number of ketones is 2. The molecule has 0 amide bonds. The molecule has 2 aliphatic rings. The van der Waals surface area contributed by atoms with Gasteiger partial charge in [0.05, 0.1) is 12.2 Å². The van der Waals surface area contributed by atoms with E-state index in [4.69, 9.17) is 14.2 Å². The fourth-order valence-corrected chi connectivity index (χ4v) is 2.89. The van der Waals surface area contributed by atoms with Crippen molar-refractivity contribution in [3.8, 4) is 17.2 Å².